The number of likely N-dealkylation sites (tertiary alicyclic amines) is 1. The van der Waals surface area contributed by atoms with E-state index in [2.05, 4.69) is 15.5 Å². The molecule has 0 bridgehead atoms. The SMILES string of the molecule is CCn1ccc(NC(=O)c2cc(OCC(=O)N3CCCC3)n(C)n2)n1. The van der Waals surface area contributed by atoms with Crippen LogP contribution in [0, 0.1) is 0 Å². The van der Waals surface area contributed by atoms with E-state index in [1.807, 2.05) is 6.92 Å². The van der Waals surface area contributed by atoms with Gasteiger partial charge < -0.3 is 15.0 Å². The summed E-state index contributed by atoms with van der Waals surface area (Å²) < 4.78 is 8.68. The molecule has 1 saturated heterocycles. The Bertz CT molecular complexity index is 760. The summed E-state index contributed by atoms with van der Waals surface area (Å²) in [6, 6.07) is 3.24. The molecule has 0 atom stereocenters. The summed E-state index contributed by atoms with van der Waals surface area (Å²) in [5, 5.41) is 11.0. The number of nitrogens with zero attached hydrogens (tertiary/aromatic N) is 5. The number of hydrogen-bond acceptors (Lipinski definition) is 5. The normalized spacial score (nSPS) is 13.9. The van der Waals surface area contributed by atoms with Crippen LogP contribution in [0.3, 0.4) is 0 Å². The first-order valence-electron chi connectivity index (χ1n) is 8.36. The van der Waals surface area contributed by atoms with Gasteiger partial charge in [-0.15, -0.1) is 0 Å². The fourth-order valence-electron chi connectivity index (χ4n) is 2.67. The number of ether oxygens (including phenoxy) is 1. The molecule has 0 saturated carbocycles. The van der Waals surface area contributed by atoms with Gasteiger partial charge in [-0.1, -0.05) is 0 Å². The molecule has 0 radical (unpaired) electrons. The van der Waals surface area contributed by atoms with Gasteiger partial charge in [0.25, 0.3) is 11.8 Å². The first kappa shape index (κ1) is 17.0. The molecule has 0 unspecified atom stereocenters. The quantitative estimate of drug-likeness (QED) is 0.838. The Balaban J connectivity index is 1.59. The number of rotatable bonds is 6. The van der Waals surface area contributed by atoms with Crippen LogP contribution in [0.5, 0.6) is 5.88 Å². The Morgan fingerprint density at radius 3 is 2.72 bits per heavy atom. The van der Waals surface area contributed by atoms with Crippen molar-refractivity contribution in [1.29, 1.82) is 0 Å². The van der Waals surface area contributed by atoms with Crippen molar-refractivity contribution in [2.24, 2.45) is 7.05 Å². The molecule has 1 aliphatic rings. The highest BCUT2D eigenvalue weighted by atomic mass is 16.5. The molecule has 134 valence electrons. The van der Waals surface area contributed by atoms with E-state index in [1.54, 1.807) is 28.9 Å². The Morgan fingerprint density at radius 1 is 1.28 bits per heavy atom. The van der Waals surface area contributed by atoms with Gasteiger partial charge in [-0.2, -0.15) is 10.2 Å². The van der Waals surface area contributed by atoms with Crippen LogP contribution in [-0.4, -0.2) is 56.0 Å². The van der Waals surface area contributed by atoms with Crippen molar-refractivity contribution in [1.82, 2.24) is 24.5 Å². The van der Waals surface area contributed by atoms with Gasteiger partial charge in [0.15, 0.2) is 18.1 Å². The summed E-state index contributed by atoms with van der Waals surface area (Å²) in [5.41, 5.74) is 0.206. The number of hydrogen-bond donors (Lipinski definition) is 1. The third-order valence-corrected chi connectivity index (χ3v) is 4.08. The Hall–Kier alpha value is -2.84. The minimum absolute atomic E-state index is 0.0465. The van der Waals surface area contributed by atoms with Gasteiger partial charge in [0.05, 0.1) is 0 Å². The number of anilines is 1. The highest BCUT2D eigenvalue weighted by Crippen LogP contribution is 2.15. The first-order chi connectivity index (χ1) is 12.1. The molecule has 3 heterocycles. The highest BCUT2D eigenvalue weighted by Gasteiger charge is 2.20. The van der Waals surface area contributed by atoms with Crippen LogP contribution >= 0.6 is 0 Å². The van der Waals surface area contributed by atoms with E-state index in [0.717, 1.165) is 32.5 Å². The molecule has 25 heavy (non-hydrogen) atoms. The Kier molecular flexibility index (Phi) is 5.01. The molecule has 2 aromatic heterocycles. The molecule has 2 amide bonds. The molecular formula is C16H22N6O3. The lowest BCUT2D eigenvalue weighted by atomic mass is 10.4. The molecular weight excluding hydrogens is 324 g/mol. The van der Waals surface area contributed by atoms with Gasteiger partial charge in [-0.05, 0) is 19.8 Å². The van der Waals surface area contributed by atoms with Crippen LogP contribution in [0.15, 0.2) is 18.3 Å². The number of aryl methyl sites for hydroxylation is 2. The fourth-order valence-corrected chi connectivity index (χ4v) is 2.67. The maximum Gasteiger partial charge on any atom is 0.277 e. The van der Waals surface area contributed by atoms with E-state index in [9.17, 15) is 9.59 Å². The molecule has 3 rings (SSSR count). The van der Waals surface area contributed by atoms with Gasteiger partial charge in [0.2, 0.25) is 5.88 Å². The first-order valence-corrected chi connectivity index (χ1v) is 8.36. The minimum Gasteiger partial charge on any atom is -0.468 e. The predicted molar refractivity (Wildman–Crippen MR) is 90.4 cm³/mol. The summed E-state index contributed by atoms with van der Waals surface area (Å²) in [7, 11) is 1.66. The summed E-state index contributed by atoms with van der Waals surface area (Å²) in [5.74, 6) is 0.411. The maximum absolute atomic E-state index is 12.3. The van der Waals surface area contributed by atoms with Crippen molar-refractivity contribution in [3.05, 3.63) is 24.0 Å². The number of nitrogens with one attached hydrogen (secondary N) is 1. The minimum atomic E-state index is -0.377. The third kappa shape index (κ3) is 3.98. The molecule has 0 aliphatic carbocycles. The topological polar surface area (TPSA) is 94.3 Å². The molecule has 9 heteroatoms. The second kappa shape index (κ2) is 7.37. The highest BCUT2D eigenvalue weighted by molar-refractivity contribution is 6.02. The van der Waals surface area contributed by atoms with Crippen molar-refractivity contribution >= 4 is 17.6 Å². The van der Waals surface area contributed by atoms with Crippen molar-refractivity contribution < 1.29 is 14.3 Å². The number of amides is 2. The van der Waals surface area contributed by atoms with E-state index >= 15 is 0 Å². The molecule has 1 N–H and O–H groups in total. The van der Waals surface area contributed by atoms with E-state index in [4.69, 9.17) is 4.74 Å². The smallest absolute Gasteiger partial charge is 0.277 e. The second-order valence-electron chi connectivity index (χ2n) is 5.88. The van der Waals surface area contributed by atoms with Crippen molar-refractivity contribution in [3.63, 3.8) is 0 Å². The van der Waals surface area contributed by atoms with E-state index in [-0.39, 0.29) is 24.1 Å². The van der Waals surface area contributed by atoms with Gasteiger partial charge >= 0.3 is 0 Å². The lowest BCUT2D eigenvalue weighted by molar-refractivity contribution is -0.132. The molecule has 2 aromatic rings. The Labute approximate surface area is 145 Å². The average molecular weight is 346 g/mol. The summed E-state index contributed by atoms with van der Waals surface area (Å²) >= 11 is 0. The lowest BCUT2D eigenvalue weighted by Gasteiger charge is -2.15. The van der Waals surface area contributed by atoms with Gasteiger partial charge in [-0.3, -0.25) is 14.3 Å². The monoisotopic (exact) mass is 346 g/mol. The van der Waals surface area contributed by atoms with Gasteiger partial charge in [-0.25, -0.2) is 4.68 Å². The van der Waals surface area contributed by atoms with Gasteiger partial charge in [0, 0.05) is 45.0 Å². The second-order valence-corrected chi connectivity index (χ2v) is 5.88. The maximum atomic E-state index is 12.3. The summed E-state index contributed by atoms with van der Waals surface area (Å²) in [6.07, 6.45) is 3.86. The van der Waals surface area contributed by atoms with Crippen LogP contribution in [0.25, 0.3) is 0 Å². The fraction of sp³-hybridized carbons (Fsp3) is 0.500. The van der Waals surface area contributed by atoms with Crippen LogP contribution < -0.4 is 10.1 Å². The van der Waals surface area contributed by atoms with Crippen LogP contribution in [0.4, 0.5) is 5.82 Å². The lowest BCUT2D eigenvalue weighted by Crippen LogP contribution is -2.32. The van der Waals surface area contributed by atoms with Crippen LogP contribution in [0.1, 0.15) is 30.3 Å². The molecule has 0 aromatic carbocycles. The summed E-state index contributed by atoms with van der Waals surface area (Å²) in [4.78, 5) is 26.1. The largest absolute Gasteiger partial charge is 0.468 e. The van der Waals surface area contributed by atoms with E-state index < -0.39 is 0 Å². The standard InChI is InChI=1S/C16H22N6O3/c1-3-22-9-6-13(19-22)17-16(24)12-10-15(20(2)18-12)25-11-14(23)21-7-4-5-8-21/h6,9-10H,3-5,7-8,11H2,1-2H3,(H,17,19,24). The Morgan fingerprint density at radius 2 is 2.04 bits per heavy atom. The van der Waals surface area contributed by atoms with Crippen LogP contribution in [0.2, 0.25) is 0 Å². The van der Waals surface area contributed by atoms with Crippen molar-refractivity contribution in [2.75, 3.05) is 25.0 Å². The zero-order valence-corrected chi connectivity index (χ0v) is 14.4. The molecule has 9 nitrogen and oxygen atoms in total. The zero-order valence-electron chi connectivity index (χ0n) is 14.4. The number of carbonyl (C=O) groups excluding carboxylic acids is 2. The van der Waals surface area contributed by atoms with Crippen molar-refractivity contribution in [3.8, 4) is 5.88 Å². The predicted octanol–water partition coefficient (Wildman–Crippen LogP) is 0.890. The molecule has 1 aliphatic heterocycles. The number of carbonyl (C=O) groups is 2. The summed E-state index contributed by atoms with van der Waals surface area (Å²) in [6.45, 7) is 4.20. The molecule has 1 fully saturated rings. The van der Waals surface area contributed by atoms with E-state index in [0.29, 0.717) is 11.7 Å². The third-order valence-electron chi connectivity index (χ3n) is 4.08. The zero-order chi connectivity index (χ0) is 17.8. The van der Waals surface area contributed by atoms with Crippen molar-refractivity contribution in [2.45, 2.75) is 26.3 Å². The average Bonchev–Trinajstić information content (AvgIpc) is 3.33. The van der Waals surface area contributed by atoms with Gasteiger partial charge in [0.1, 0.15) is 0 Å². The van der Waals surface area contributed by atoms with Crippen LogP contribution in [-0.2, 0) is 18.4 Å². The number of aromatic nitrogens is 4. The van der Waals surface area contributed by atoms with E-state index in [1.165, 1.54) is 10.7 Å². The molecule has 0 spiro atoms.